The van der Waals surface area contributed by atoms with Crippen molar-refractivity contribution in [2.24, 2.45) is 5.73 Å². The first-order valence-corrected chi connectivity index (χ1v) is 11.5. The summed E-state index contributed by atoms with van der Waals surface area (Å²) in [7, 11) is -3.97. The van der Waals surface area contributed by atoms with Crippen LogP contribution in [-0.2, 0) is 22.6 Å². The summed E-state index contributed by atoms with van der Waals surface area (Å²) in [5, 5.41) is 2.75. The van der Waals surface area contributed by atoms with Gasteiger partial charge in [-0.2, -0.15) is 17.5 Å². The molecule has 178 valence electrons. The van der Waals surface area contributed by atoms with Gasteiger partial charge in [0.25, 0.3) is 0 Å². The molecule has 1 heterocycles. The number of halogens is 3. The molecule has 0 atom stereocenters. The third kappa shape index (κ3) is 6.02. The number of hydrogen-bond donors (Lipinski definition) is 2. The van der Waals surface area contributed by atoms with Gasteiger partial charge in [0.15, 0.2) is 0 Å². The second-order valence-corrected chi connectivity index (χ2v) is 9.40. The van der Waals surface area contributed by atoms with E-state index in [1.807, 2.05) is 6.07 Å². The van der Waals surface area contributed by atoms with Gasteiger partial charge in [-0.25, -0.2) is 13.2 Å². The molecular weight excluding hydrogens is 461 g/mol. The normalized spacial score (nSPS) is 15.3. The minimum atomic E-state index is -4.55. The number of carbonyl (C=O) groups is 2. The Bertz CT molecular complexity index is 1110. The Balaban J connectivity index is 1.51. The topological polar surface area (TPSA) is 113 Å². The number of rotatable bonds is 6. The van der Waals surface area contributed by atoms with Crippen LogP contribution in [0, 0.1) is 0 Å². The van der Waals surface area contributed by atoms with Crippen molar-refractivity contribution in [2.75, 3.05) is 32.7 Å². The second-order valence-electron chi connectivity index (χ2n) is 7.46. The van der Waals surface area contributed by atoms with E-state index in [2.05, 4.69) is 5.32 Å². The molecule has 0 unspecified atom stereocenters. The van der Waals surface area contributed by atoms with Crippen LogP contribution in [0.3, 0.4) is 0 Å². The largest absolute Gasteiger partial charge is 0.416 e. The van der Waals surface area contributed by atoms with Crippen LogP contribution in [0.15, 0.2) is 53.4 Å². The number of alkyl halides is 3. The minimum Gasteiger partial charge on any atom is -0.366 e. The summed E-state index contributed by atoms with van der Waals surface area (Å²) in [5.74, 6) is -0.537. The summed E-state index contributed by atoms with van der Waals surface area (Å²) in [6, 6.07) is 9.74. The number of benzene rings is 2. The predicted molar refractivity (Wildman–Crippen MR) is 114 cm³/mol. The van der Waals surface area contributed by atoms with Gasteiger partial charge in [0.1, 0.15) is 0 Å². The summed E-state index contributed by atoms with van der Waals surface area (Å²) in [5.41, 5.74) is 5.54. The lowest BCUT2D eigenvalue weighted by atomic mass is 10.1. The van der Waals surface area contributed by atoms with Crippen molar-refractivity contribution in [1.29, 1.82) is 0 Å². The lowest BCUT2D eigenvalue weighted by Crippen LogP contribution is -2.53. The van der Waals surface area contributed by atoms with E-state index >= 15 is 0 Å². The highest BCUT2D eigenvalue weighted by Crippen LogP contribution is 2.30. The molecule has 8 nitrogen and oxygen atoms in total. The summed E-state index contributed by atoms with van der Waals surface area (Å²) < 4.78 is 64.7. The Morgan fingerprint density at radius 1 is 1.00 bits per heavy atom. The van der Waals surface area contributed by atoms with E-state index in [1.54, 1.807) is 18.2 Å². The van der Waals surface area contributed by atoms with Crippen molar-refractivity contribution in [3.63, 3.8) is 0 Å². The second kappa shape index (κ2) is 9.79. The fourth-order valence-corrected chi connectivity index (χ4v) is 4.82. The number of primary amides is 1. The van der Waals surface area contributed by atoms with Crippen molar-refractivity contribution in [2.45, 2.75) is 17.5 Å². The number of amides is 3. The average Bonchev–Trinajstić information content (AvgIpc) is 2.79. The van der Waals surface area contributed by atoms with Crippen LogP contribution in [0.4, 0.5) is 18.0 Å². The zero-order valence-corrected chi connectivity index (χ0v) is 18.3. The van der Waals surface area contributed by atoms with E-state index in [4.69, 9.17) is 5.73 Å². The molecular formula is C21H23F3N4O4S. The quantitative estimate of drug-likeness (QED) is 0.654. The van der Waals surface area contributed by atoms with Crippen molar-refractivity contribution in [3.8, 4) is 0 Å². The molecule has 2 aromatic carbocycles. The summed E-state index contributed by atoms with van der Waals surface area (Å²) in [6.45, 7) is 0.645. The third-order valence-electron chi connectivity index (χ3n) is 5.25. The van der Waals surface area contributed by atoms with Crippen LogP contribution in [0.2, 0.25) is 0 Å². The van der Waals surface area contributed by atoms with E-state index < -0.39 is 27.7 Å². The van der Waals surface area contributed by atoms with Gasteiger partial charge in [-0.1, -0.05) is 12.1 Å². The molecule has 1 aliphatic rings. The van der Waals surface area contributed by atoms with Gasteiger partial charge in [0.05, 0.1) is 10.5 Å². The third-order valence-corrected chi connectivity index (χ3v) is 7.16. The molecule has 1 saturated heterocycles. The summed E-state index contributed by atoms with van der Waals surface area (Å²) in [4.78, 5) is 24.9. The molecule has 3 N–H and O–H groups in total. The standard InChI is InChI=1S/C21H23F3N4O4S/c22-21(23,24)17-4-6-18(7-5-17)33(31,32)28-12-10-27(11-13-28)20(30)26-9-8-15-2-1-3-16(14-15)19(25)29/h1-7,14H,8-13H2,(H2,25,29)(H,26,30). The van der Waals surface area contributed by atoms with E-state index in [-0.39, 0.29) is 37.1 Å². The number of urea groups is 1. The maximum atomic E-state index is 12.7. The molecule has 0 saturated carbocycles. The smallest absolute Gasteiger partial charge is 0.366 e. The van der Waals surface area contributed by atoms with Crippen LogP contribution >= 0.6 is 0 Å². The predicted octanol–water partition coefficient (Wildman–Crippen LogP) is 2.06. The van der Waals surface area contributed by atoms with E-state index in [0.717, 1.165) is 34.1 Å². The highest BCUT2D eigenvalue weighted by molar-refractivity contribution is 7.89. The molecule has 0 radical (unpaired) electrons. The zero-order chi connectivity index (χ0) is 24.2. The molecule has 1 fully saturated rings. The number of nitrogens with one attached hydrogen (secondary N) is 1. The number of carbonyl (C=O) groups excluding carboxylic acids is 2. The van der Waals surface area contributed by atoms with E-state index in [0.29, 0.717) is 18.5 Å². The van der Waals surface area contributed by atoms with Crippen molar-refractivity contribution in [1.82, 2.24) is 14.5 Å². The SMILES string of the molecule is NC(=O)c1cccc(CCNC(=O)N2CCN(S(=O)(=O)c3ccc(C(F)(F)F)cc3)CC2)c1. The van der Waals surface area contributed by atoms with Crippen LogP contribution in [0.25, 0.3) is 0 Å². The molecule has 12 heteroatoms. The molecule has 0 aromatic heterocycles. The molecule has 3 rings (SSSR count). The molecule has 0 aliphatic carbocycles. The Morgan fingerprint density at radius 3 is 2.21 bits per heavy atom. The van der Waals surface area contributed by atoms with Gasteiger partial charge >= 0.3 is 12.2 Å². The monoisotopic (exact) mass is 484 g/mol. The highest BCUT2D eigenvalue weighted by Gasteiger charge is 2.33. The number of piperazine rings is 1. The van der Waals surface area contributed by atoms with Crippen molar-refractivity contribution >= 4 is 22.0 Å². The number of hydrogen-bond acceptors (Lipinski definition) is 4. The summed E-state index contributed by atoms with van der Waals surface area (Å²) in [6.07, 6.45) is -4.07. The Hall–Kier alpha value is -3.12. The van der Waals surface area contributed by atoms with Gasteiger partial charge in [0.2, 0.25) is 15.9 Å². The minimum absolute atomic E-state index is 0.0252. The molecule has 2 aromatic rings. The van der Waals surface area contributed by atoms with Gasteiger partial charge in [-0.15, -0.1) is 0 Å². The fourth-order valence-electron chi connectivity index (χ4n) is 3.40. The van der Waals surface area contributed by atoms with Crippen molar-refractivity contribution < 1.29 is 31.2 Å². The van der Waals surface area contributed by atoms with E-state index in [1.165, 1.54) is 4.90 Å². The van der Waals surface area contributed by atoms with E-state index in [9.17, 15) is 31.2 Å². The molecule has 1 aliphatic heterocycles. The van der Waals surface area contributed by atoms with Crippen molar-refractivity contribution in [3.05, 3.63) is 65.2 Å². The first-order chi connectivity index (χ1) is 15.5. The maximum absolute atomic E-state index is 12.7. The van der Waals surface area contributed by atoms with Gasteiger partial charge in [0, 0.05) is 38.3 Å². The molecule has 0 spiro atoms. The first kappa shape index (κ1) is 24.5. The average molecular weight is 485 g/mol. The number of sulfonamides is 1. The fraction of sp³-hybridized carbons (Fsp3) is 0.333. The maximum Gasteiger partial charge on any atom is 0.416 e. The Kier molecular flexibility index (Phi) is 7.28. The van der Waals surface area contributed by atoms with Crippen LogP contribution in [0.1, 0.15) is 21.5 Å². The van der Waals surface area contributed by atoms with Gasteiger partial charge in [-0.05, 0) is 48.4 Å². The van der Waals surface area contributed by atoms with Gasteiger partial charge in [-0.3, -0.25) is 4.79 Å². The van der Waals surface area contributed by atoms with Crippen LogP contribution < -0.4 is 11.1 Å². The molecule has 0 bridgehead atoms. The lowest BCUT2D eigenvalue weighted by Gasteiger charge is -2.34. The molecule has 33 heavy (non-hydrogen) atoms. The molecule has 3 amide bonds. The lowest BCUT2D eigenvalue weighted by molar-refractivity contribution is -0.137. The van der Waals surface area contributed by atoms with Gasteiger partial charge < -0.3 is 16.0 Å². The Morgan fingerprint density at radius 2 is 1.64 bits per heavy atom. The highest BCUT2D eigenvalue weighted by atomic mass is 32.2. The van der Waals surface area contributed by atoms with Crippen LogP contribution in [-0.4, -0.2) is 62.3 Å². The first-order valence-electron chi connectivity index (χ1n) is 10.1. The zero-order valence-electron chi connectivity index (χ0n) is 17.5. The van der Waals surface area contributed by atoms with Crippen LogP contribution in [0.5, 0.6) is 0 Å². The number of nitrogens with zero attached hydrogens (tertiary/aromatic N) is 2. The summed E-state index contributed by atoms with van der Waals surface area (Å²) >= 11 is 0. The Labute approximate surface area is 189 Å². The number of nitrogens with two attached hydrogens (primary N) is 1.